The zero-order chi connectivity index (χ0) is 19.9. The number of hydrogen-bond acceptors (Lipinski definition) is 4. The Morgan fingerprint density at radius 1 is 1.04 bits per heavy atom. The summed E-state index contributed by atoms with van der Waals surface area (Å²) >= 11 is 0. The second kappa shape index (κ2) is 7.14. The molecule has 1 saturated heterocycles. The van der Waals surface area contributed by atoms with Crippen molar-refractivity contribution in [1.29, 1.82) is 0 Å². The Morgan fingerprint density at radius 3 is 2.43 bits per heavy atom. The van der Waals surface area contributed by atoms with Gasteiger partial charge in [0.05, 0.1) is 5.52 Å². The number of halogens is 3. The van der Waals surface area contributed by atoms with Crippen LogP contribution in [0, 0.1) is 5.82 Å². The van der Waals surface area contributed by atoms with Crippen LogP contribution in [0.25, 0.3) is 10.9 Å². The third kappa shape index (κ3) is 3.14. The van der Waals surface area contributed by atoms with Crippen molar-refractivity contribution in [2.45, 2.75) is 11.3 Å². The van der Waals surface area contributed by atoms with Crippen LogP contribution >= 0.6 is 0 Å². The minimum atomic E-state index is -4.36. The Morgan fingerprint density at radius 2 is 1.75 bits per heavy atom. The van der Waals surface area contributed by atoms with Crippen LogP contribution in [-0.2, 0) is 10.0 Å². The minimum absolute atomic E-state index is 0.0948. The van der Waals surface area contributed by atoms with Crippen molar-refractivity contribution in [2.75, 3.05) is 31.1 Å². The fourth-order valence-electron chi connectivity index (χ4n) is 3.47. The number of rotatable bonds is 4. The third-order valence-corrected chi connectivity index (χ3v) is 6.58. The number of benzene rings is 2. The highest BCUT2D eigenvalue weighted by Gasteiger charge is 2.27. The Bertz CT molecular complexity index is 1120. The molecule has 28 heavy (non-hydrogen) atoms. The van der Waals surface area contributed by atoms with E-state index in [0.29, 0.717) is 0 Å². The maximum absolute atomic E-state index is 14.1. The Labute approximate surface area is 160 Å². The molecular weight excluding hydrogens is 391 g/mol. The van der Waals surface area contributed by atoms with Crippen LogP contribution in [0.15, 0.2) is 53.6 Å². The normalized spacial score (nSPS) is 15.5. The lowest BCUT2D eigenvalue weighted by atomic mass is 10.1. The van der Waals surface area contributed by atoms with Gasteiger partial charge in [0, 0.05) is 49.0 Å². The summed E-state index contributed by atoms with van der Waals surface area (Å²) in [6.07, 6.45) is -1.98. The van der Waals surface area contributed by atoms with Crippen LogP contribution in [-0.4, -0.2) is 38.6 Å². The van der Waals surface area contributed by atoms with E-state index in [4.69, 9.17) is 0 Å². The van der Waals surface area contributed by atoms with Gasteiger partial charge in [-0.1, -0.05) is 12.1 Å². The first-order valence-corrected chi connectivity index (χ1v) is 10.2. The monoisotopic (exact) mass is 409 g/mol. The molecule has 4 rings (SSSR count). The fraction of sp³-hybridized carbons (Fsp3) is 0.263. The Hall–Kier alpha value is -2.52. The van der Waals surface area contributed by atoms with Crippen molar-refractivity contribution in [3.8, 4) is 0 Å². The number of fused-ring (bicyclic) bond motifs is 1. The van der Waals surface area contributed by atoms with Gasteiger partial charge in [0.1, 0.15) is 10.7 Å². The van der Waals surface area contributed by atoms with Crippen LogP contribution in [0.2, 0.25) is 0 Å². The number of piperazine rings is 1. The highest BCUT2D eigenvalue weighted by molar-refractivity contribution is 7.90. The molecule has 0 atom stereocenters. The predicted octanol–water partition coefficient (Wildman–Crippen LogP) is 3.36. The Balaban J connectivity index is 1.89. The van der Waals surface area contributed by atoms with Crippen LogP contribution in [0.3, 0.4) is 0 Å². The summed E-state index contributed by atoms with van der Waals surface area (Å²) < 4.78 is 68.0. The molecule has 1 N–H and O–H groups in total. The molecule has 1 aromatic heterocycles. The summed E-state index contributed by atoms with van der Waals surface area (Å²) in [4.78, 5) is 1.49. The van der Waals surface area contributed by atoms with Gasteiger partial charge in [-0.05, 0) is 30.3 Å². The second-order valence-electron chi connectivity index (χ2n) is 6.55. The predicted molar refractivity (Wildman–Crippen MR) is 101 cm³/mol. The largest absolute Gasteiger partial charge is 0.369 e. The summed E-state index contributed by atoms with van der Waals surface area (Å²) in [6.45, 7) is 3.01. The quantitative estimate of drug-likeness (QED) is 0.718. The fourth-order valence-corrected chi connectivity index (χ4v) is 4.91. The van der Waals surface area contributed by atoms with Gasteiger partial charge in [0.25, 0.3) is 16.4 Å². The average molecular weight is 409 g/mol. The van der Waals surface area contributed by atoms with Crippen molar-refractivity contribution in [1.82, 2.24) is 9.29 Å². The van der Waals surface area contributed by atoms with Gasteiger partial charge in [-0.3, -0.25) is 0 Å². The maximum Gasteiger partial charge on any atom is 0.271 e. The minimum Gasteiger partial charge on any atom is -0.369 e. The molecule has 0 bridgehead atoms. The van der Waals surface area contributed by atoms with E-state index >= 15 is 0 Å². The highest BCUT2D eigenvalue weighted by atomic mass is 32.2. The van der Waals surface area contributed by atoms with Gasteiger partial charge >= 0.3 is 0 Å². The molecule has 0 aliphatic carbocycles. The van der Waals surface area contributed by atoms with Gasteiger partial charge < -0.3 is 10.2 Å². The topological polar surface area (TPSA) is 54.3 Å². The molecule has 2 heterocycles. The lowest BCUT2D eigenvalue weighted by Gasteiger charge is -2.29. The van der Waals surface area contributed by atoms with Crippen molar-refractivity contribution in [2.24, 2.45) is 0 Å². The van der Waals surface area contributed by atoms with E-state index in [9.17, 15) is 21.6 Å². The first-order valence-electron chi connectivity index (χ1n) is 8.78. The summed E-state index contributed by atoms with van der Waals surface area (Å²) in [7, 11) is -4.36. The molecule has 0 spiro atoms. The SMILES string of the molecule is O=S(=O)(c1ccccc1F)n1cc(C(F)F)c2cc(N3CCNCC3)ccc21. The summed E-state index contributed by atoms with van der Waals surface area (Å²) in [6, 6.07) is 9.68. The maximum atomic E-state index is 14.1. The first kappa shape index (κ1) is 18.8. The van der Waals surface area contributed by atoms with Gasteiger partial charge in [-0.2, -0.15) is 0 Å². The molecule has 0 saturated carbocycles. The van der Waals surface area contributed by atoms with Crippen molar-refractivity contribution in [3.05, 3.63) is 60.0 Å². The van der Waals surface area contributed by atoms with E-state index in [1.165, 1.54) is 18.2 Å². The summed E-state index contributed by atoms with van der Waals surface area (Å²) in [5.74, 6) is -0.930. The first-order chi connectivity index (χ1) is 13.4. The van der Waals surface area contributed by atoms with Crippen LogP contribution in [0.1, 0.15) is 12.0 Å². The number of hydrogen-bond donors (Lipinski definition) is 1. The second-order valence-corrected chi connectivity index (χ2v) is 8.34. The van der Waals surface area contributed by atoms with Crippen LogP contribution in [0.5, 0.6) is 0 Å². The number of alkyl halides is 2. The Kier molecular flexibility index (Phi) is 4.80. The highest BCUT2D eigenvalue weighted by Crippen LogP contribution is 2.35. The molecule has 1 fully saturated rings. The molecular formula is C19H18F3N3O2S. The number of anilines is 1. The molecule has 0 radical (unpaired) electrons. The number of nitrogens with one attached hydrogen (secondary N) is 1. The molecule has 2 aromatic carbocycles. The molecule has 148 valence electrons. The van der Waals surface area contributed by atoms with E-state index in [-0.39, 0.29) is 10.9 Å². The average Bonchev–Trinajstić information content (AvgIpc) is 3.09. The molecule has 1 aliphatic rings. The van der Waals surface area contributed by atoms with Gasteiger partial charge in [-0.15, -0.1) is 0 Å². The van der Waals surface area contributed by atoms with E-state index in [2.05, 4.69) is 5.32 Å². The summed E-state index contributed by atoms with van der Waals surface area (Å²) in [5, 5.41) is 3.36. The van der Waals surface area contributed by atoms with Gasteiger partial charge in [0.15, 0.2) is 0 Å². The molecule has 3 aromatic rings. The molecule has 0 unspecified atom stereocenters. The van der Waals surface area contributed by atoms with Gasteiger partial charge in [-0.25, -0.2) is 25.6 Å². The van der Waals surface area contributed by atoms with Crippen molar-refractivity contribution in [3.63, 3.8) is 0 Å². The van der Waals surface area contributed by atoms with E-state index in [1.54, 1.807) is 12.1 Å². The molecule has 5 nitrogen and oxygen atoms in total. The third-order valence-electron chi connectivity index (χ3n) is 4.88. The van der Waals surface area contributed by atoms with E-state index in [1.807, 2.05) is 4.90 Å². The van der Waals surface area contributed by atoms with Crippen LogP contribution < -0.4 is 10.2 Å². The smallest absolute Gasteiger partial charge is 0.271 e. The standard InChI is InChI=1S/C19H18F3N3O2S/c20-16-3-1-2-4-18(16)28(26,27)25-12-15(19(21)22)14-11-13(5-6-17(14)25)24-9-7-23-8-10-24/h1-6,11-12,19,23H,7-10H2. The van der Waals surface area contributed by atoms with Crippen LogP contribution in [0.4, 0.5) is 18.9 Å². The molecule has 9 heteroatoms. The molecule has 1 aliphatic heterocycles. The van der Waals surface area contributed by atoms with Crippen molar-refractivity contribution < 1.29 is 21.6 Å². The number of nitrogens with zero attached hydrogens (tertiary/aromatic N) is 2. The number of aromatic nitrogens is 1. The lowest BCUT2D eigenvalue weighted by molar-refractivity contribution is 0.153. The lowest BCUT2D eigenvalue weighted by Crippen LogP contribution is -2.43. The molecule has 0 amide bonds. The van der Waals surface area contributed by atoms with E-state index < -0.39 is 32.7 Å². The summed E-state index contributed by atoms with van der Waals surface area (Å²) in [5.41, 5.74) is 0.446. The van der Waals surface area contributed by atoms with Gasteiger partial charge in [0.2, 0.25) is 0 Å². The zero-order valence-electron chi connectivity index (χ0n) is 14.8. The zero-order valence-corrected chi connectivity index (χ0v) is 15.6. The van der Waals surface area contributed by atoms with E-state index in [0.717, 1.165) is 54.2 Å². The van der Waals surface area contributed by atoms with Crippen molar-refractivity contribution >= 4 is 26.6 Å².